The zero-order valence-corrected chi connectivity index (χ0v) is 24.8. The van der Waals surface area contributed by atoms with Crippen LogP contribution >= 0.6 is 0 Å². The van der Waals surface area contributed by atoms with E-state index in [1.165, 1.54) is 19.1 Å². The molecule has 0 saturated carbocycles. The van der Waals surface area contributed by atoms with Gasteiger partial charge < -0.3 is 9.94 Å². The Morgan fingerprint density at radius 1 is 1.09 bits per heavy atom. The van der Waals surface area contributed by atoms with E-state index in [-0.39, 0.29) is 34.3 Å². The molecule has 0 radical (unpaired) electrons. The van der Waals surface area contributed by atoms with Gasteiger partial charge in [0.05, 0.1) is 46.2 Å². The molecule has 1 atom stereocenters. The number of sulfonamides is 1. The Labute approximate surface area is 250 Å². The van der Waals surface area contributed by atoms with Gasteiger partial charge in [-0.3, -0.25) is 14.4 Å². The van der Waals surface area contributed by atoms with Crippen LogP contribution in [0.1, 0.15) is 32.0 Å². The number of aromatic nitrogens is 2. The minimum absolute atomic E-state index is 0.0566. The van der Waals surface area contributed by atoms with E-state index < -0.39 is 51.9 Å². The Morgan fingerprint density at radius 2 is 1.70 bits per heavy atom. The zero-order chi connectivity index (χ0) is 32.4. The van der Waals surface area contributed by atoms with Gasteiger partial charge in [-0.25, -0.2) is 17.8 Å². The third-order valence-electron chi connectivity index (χ3n) is 6.47. The van der Waals surface area contributed by atoms with Gasteiger partial charge in [0.2, 0.25) is 11.2 Å². The molecule has 236 valence electrons. The van der Waals surface area contributed by atoms with Crippen molar-refractivity contribution in [2.24, 2.45) is 17.1 Å². The van der Waals surface area contributed by atoms with Crippen molar-refractivity contribution < 1.29 is 45.7 Å². The third-order valence-corrected chi connectivity index (χ3v) is 7.83. The van der Waals surface area contributed by atoms with Crippen LogP contribution in [0.5, 0.6) is 0 Å². The molecule has 0 bridgehead atoms. The topological polar surface area (TPSA) is 158 Å². The molecule has 1 fully saturated rings. The summed E-state index contributed by atoms with van der Waals surface area (Å²) in [6.07, 6.45) is -5.84. The molecule has 2 heterocycles. The highest BCUT2D eigenvalue weighted by molar-refractivity contribution is 7.90. The molecule has 0 spiro atoms. The number of nitrogens with one attached hydrogen (secondary N) is 1. The number of rotatable bonds is 10. The molecule has 3 aromatic rings. The standard InChI is InChI=1S/C27H29F3N6O7S/c1-16(2)26(38)42-18(4)43-33-36(39)34-14-20(15-34)25(37)32-44(40,41)22-11-9-21(10-12-22)35-23(13-24(31-35)27(28,29)30)19-7-5-17(3)6-8-19/h5-13,16,18,20H,14-15H2,1-4H3,(H,32,37). The Morgan fingerprint density at radius 3 is 2.27 bits per heavy atom. The Hall–Kier alpha value is -4.67. The minimum atomic E-state index is -4.71. The monoisotopic (exact) mass is 638 g/mol. The van der Waals surface area contributed by atoms with Crippen LogP contribution in [0.4, 0.5) is 13.2 Å². The van der Waals surface area contributed by atoms with E-state index in [9.17, 15) is 36.4 Å². The number of ether oxygens (including phenoxy) is 1. The number of carbonyl (C=O) groups excluding carboxylic acids is 2. The first-order valence-corrected chi connectivity index (χ1v) is 14.7. The second-order valence-electron chi connectivity index (χ2n) is 10.3. The number of aryl methyl sites for hydroxylation is 1. The lowest BCUT2D eigenvalue weighted by atomic mass is 10.0. The van der Waals surface area contributed by atoms with E-state index >= 15 is 0 Å². The van der Waals surface area contributed by atoms with Crippen LogP contribution in [0.2, 0.25) is 0 Å². The first-order valence-electron chi connectivity index (χ1n) is 13.3. The summed E-state index contributed by atoms with van der Waals surface area (Å²) in [5, 5.41) is 20.1. The lowest BCUT2D eigenvalue weighted by molar-refractivity contribution is -0.727. The quantitative estimate of drug-likeness (QED) is 0.114. The van der Waals surface area contributed by atoms with Gasteiger partial charge in [0, 0.05) is 12.5 Å². The summed E-state index contributed by atoms with van der Waals surface area (Å²) in [7, 11) is -4.36. The van der Waals surface area contributed by atoms with Gasteiger partial charge in [0.15, 0.2) is 5.69 Å². The number of halogens is 3. The van der Waals surface area contributed by atoms with Gasteiger partial charge in [-0.1, -0.05) is 43.7 Å². The van der Waals surface area contributed by atoms with Crippen molar-refractivity contribution in [1.29, 1.82) is 0 Å². The fourth-order valence-electron chi connectivity index (χ4n) is 3.93. The average Bonchev–Trinajstić information content (AvgIpc) is 3.37. The number of amides is 1. The van der Waals surface area contributed by atoms with Crippen LogP contribution < -0.4 is 4.72 Å². The minimum Gasteiger partial charge on any atom is -0.569 e. The number of hydrogen-bond acceptors (Lipinski definition) is 9. The maximum absolute atomic E-state index is 13.5. The molecular weight excluding hydrogens is 609 g/mol. The molecule has 17 heteroatoms. The second kappa shape index (κ2) is 12.5. The van der Waals surface area contributed by atoms with E-state index in [0.717, 1.165) is 33.5 Å². The Balaban J connectivity index is 1.40. The fraction of sp³-hybridized carbons (Fsp3) is 0.370. The molecule has 1 aromatic heterocycles. The van der Waals surface area contributed by atoms with E-state index in [4.69, 9.17) is 9.57 Å². The summed E-state index contributed by atoms with van der Waals surface area (Å²) in [5.74, 6) is -2.70. The van der Waals surface area contributed by atoms with Gasteiger partial charge in [-0.05, 0) is 37.3 Å². The van der Waals surface area contributed by atoms with Gasteiger partial charge in [-0.15, -0.1) is 5.01 Å². The van der Waals surface area contributed by atoms with Crippen LogP contribution in [-0.2, 0) is 35.4 Å². The summed E-state index contributed by atoms with van der Waals surface area (Å²) < 4.78 is 74.0. The van der Waals surface area contributed by atoms with Gasteiger partial charge in [0.1, 0.15) is 0 Å². The number of carbonyl (C=O) groups is 2. The number of esters is 1. The molecule has 1 unspecified atom stereocenters. The number of hydrazine groups is 1. The number of hydrogen-bond donors (Lipinski definition) is 1. The molecule has 1 aliphatic heterocycles. The summed E-state index contributed by atoms with van der Waals surface area (Å²) in [6.45, 7) is 6.10. The molecule has 44 heavy (non-hydrogen) atoms. The second-order valence-corrected chi connectivity index (χ2v) is 12.0. The maximum Gasteiger partial charge on any atom is 0.435 e. The molecule has 0 aliphatic carbocycles. The van der Waals surface area contributed by atoms with E-state index in [0.29, 0.717) is 5.56 Å². The van der Waals surface area contributed by atoms with Gasteiger partial charge >= 0.3 is 12.1 Å². The molecule has 1 aliphatic rings. The first-order chi connectivity index (χ1) is 20.5. The van der Waals surface area contributed by atoms with Crippen molar-refractivity contribution in [3.8, 4) is 16.9 Å². The predicted molar refractivity (Wildman–Crippen MR) is 147 cm³/mol. The van der Waals surface area contributed by atoms with Crippen LogP contribution in [0.15, 0.2) is 64.8 Å². The van der Waals surface area contributed by atoms with Crippen LogP contribution in [0, 0.1) is 24.0 Å². The van der Waals surface area contributed by atoms with Gasteiger partial charge in [0.25, 0.3) is 16.3 Å². The summed E-state index contributed by atoms with van der Waals surface area (Å²) >= 11 is 0. The molecular formula is C27H29F3N6O7S. The number of nitrogens with zero attached hydrogens (tertiary/aromatic N) is 5. The molecule has 1 amide bonds. The van der Waals surface area contributed by atoms with Crippen molar-refractivity contribution in [3.05, 3.63) is 71.1 Å². The van der Waals surface area contributed by atoms with Crippen LogP contribution in [0.25, 0.3) is 16.9 Å². The van der Waals surface area contributed by atoms with E-state index in [1.54, 1.807) is 38.1 Å². The molecule has 1 N–H and O–H groups in total. The van der Waals surface area contributed by atoms with Crippen molar-refractivity contribution in [1.82, 2.24) is 19.5 Å². The lowest BCUT2D eigenvalue weighted by Crippen LogP contribution is -2.56. The summed E-state index contributed by atoms with van der Waals surface area (Å²) in [5.41, 5.74) is 0.563. The smallest absolute Gasteiger partial charge is 0.435 e. The van der Waals surface area contributed by atoms with Crippen LogP contribution in [0.3, 0.4) is 0 Å². The van der Waals surface area contributed by atoms with Gasteiger partial charge in [-0.2, -0.15) is 18.3 Å². The summed E-state index contributed by atoms with van der Waals surface area (Å²) in [4.78, 5) is 28.7. The average molecular weight is 639 g/mol. The fourth-order valence-corrected chi connectivity index (χ4v) is 4.97. The van der Waals surface area contributed by atoms with Crippen molar-refractivity contribution in [2.75, 3.05) is 13.1 Å². The third kappa shape index (κ3) is 7.45. The molecule has 4 rings (SSSR count). The highest BCUT2D eigenvalue weighted by Crippen LogP contribution is 2.33. The van der Waals surface area contributed by atoms with Crippen molar-refractivity contribution in [2.45, 2.75) is 45.1 Å². The Kier molecular flexibility index (Phi) is 9.17. The lowest BCUT2D eigenvalue weighted by Gasteiger charge is -2.32. The first kappa shape index (κ1) is 32.2. The largest absolute Gasteiger partial charge is 0.569 e. The number of benzene rings is 2. The SMILES string of the molecule is Cc1ccc(-c2cc(C(F)(F)F)nn2-c2ccc(S(=O)(=O)NC(=O)C3CN([N+]([O-])=NOC(C)OC(=O)C(C)C)C3)cc2)cc1. The highest BCUT2D eigenvalue weighted by atomic mass is 32.2. The molecule has 1 saturated heterocycles. The van der Waals surface area contributed by atoms with E-state index in [2.05, 4.69) is 10.4 Å². The number of alkyl halides is 3. The highest BCUT2D eigenvalue weighted by Gasteiger charge is 2.40. The normalized spacial score (nSPS) is 15.1. The van der Waals surface area contributed by atoms with E-state index in [1.807, 2.05) is 11.6 Å². The maximum atomic E-state index is 13.5. The zero-order valence-electron chi connectivity index (χ0n) is 24.0. The molecule has 13 nitrogen and oxygen atoms in total. The van der Waals surface area contributed by atoms with Crippen molar-refractivity contribution in [3.63, 3.8) is 0 Å². The van der Waals surface area contributed by atoms with Crippen molar-refractivity contribution >= 4 is 21.9 Å². The molecule has 2 aromatic carbocycles. The predicted octanol–water partition coefficient (Wildman–Crippen LogP) is 3.96. The van der Waals surface area contributed by atoms with Crippen LogP contribution in [-0.4, -0.2) is 59.4 Å². The summed E-state index contributed by atoms with van der Waals surface area (Å²) in [6, 6.07) is 12.5. The Bertz CT molecular complexity index is 1650.